The van der Waals surface area contributed by atoms with E-state index in [1.54, 1.807) is 19.2 Å². The molecular weight excluding hydrogens is 312 g/mol. The van der Waals surface area contributed by atoms with Crippen LogP contribution in [0.5, 0.6) is 5.75 Å². The lowest BCUT2D eigenvalue weighted by Crippen LogP contribution is -1.97. The van der Waals surface area contributed by atoms with E-state index in [2.05, 4.69) is 31.8 Å². The summed E-state index contributed by atoms with van der Waals surface area (Å²) in [5, 5.41) is 0. The second-order valence-corrected chi connectivity index (χ2v) is 9.97. The van der Waals surface area contributed by atoms with Crippen LogP contribution in [0.15, 0.2) is 24.3 Å². The minimum atomic E-state index is 0.0417. The molecule has 1 aromatic carbocycles. The molecule has 0 fully saturated rings. The minimum absolute atomic E-state index is 0.0417. The van der Waals surface area contributed by atoms with Crippen molar-refractivity contribution in [1.82, 2.24) is 0 Å². The molecule has 0 aromatic heterocycles. The van der Waals surface area contributed by atoms with E-state index in [1.165, 1.54) is 0 Å². The average molecular weight is 321 g/mol. The van der Waals surface area contributed by atoms with Crippen LogP contribution in [0.2, 0.25) is 0 Å². The fourth-order valence-electron chi connectivity index (χ4n) is 0.595. The van der Waals surface area contributed by atoms with Gasteiger partial charge in [0.25, 0.3) is 0 Å². The zero-order chi connectivity index (χ0) is 9.94. The predicted octanol–water partition coefficient (Wildman–Crippen LogP) is 2.78. The van der Waals surface area contributed by atoms with E-state index in [0.717, 1.165) is 5.75 Å². The van der Waals surface area contributed by atoms with Crippen LogP contribution in [-0.2, 0) is 4.74 Å². The first-order chi connectivity index (χ1) is 6.35. The van der Waals surface area contributed by atoms with Crippen LogP contribution in [0, 0.1) is 6.07 Å². The minimum Gasteiger partial charge on any atom is -0.468 e. The smallest absolute Gasteiger partial charge is 0.468 e. The summed E-state index contributed by atoms with van der Waals surface area (Å²) in [5.74, 6) is 0.806. The molecule has 0 saturated heterocycles. The zero-order valence-corrected chi connectivity index (χ0v) is 11.9. The van der Waals surface area contributed by atoms with Crippen molar-refractivity contribution >= 4 is 41.8 Å². The highest BCUT2D eigenvalue weighted by Crippen LogP contribution is 2.06. The molecule has 1 rings (SSSR count). The van der Waals surface area contributed by atoms with E-state index in [9.17, 15) is 0 Å². The van der Waals surface area contributed by atoms with Gasteiger partial charge in [-0.15, -0.1) is 0 Å². The number of halogens is 2. The van der Waals surface area contributed by atoms with Gasteiger partial charge in [0.1, 0.15) is 5.75 Å². The van der Waals surface area contributed by atoms with E-state index in [4.69, 9.17) is 9.47 Å². The Labute approximate surface area is 100 Å². The summed E-state index contributed by atoms with van der Waals surface area (Å²) in [7, 11) is 1.59. The van der Waals surface area contributed by atoms with Crippen molar-refractivity contribution in [3.05, 3.63) is 30.3 Å². The molecule has 0 aliphatic carbocycles. The highest BCUT2D eigenvalue weighted by Gasteiger charge is 1.86. The highest BCUT2D eigenvalue weighted by molar-refractivity contribution is 9.47. The van der Waals surface area contributed by atoms with Gasteiger partial charge in [-0.3, -0.25) is 25.8 Å². The van der Waals surface area contributed by atoms with E-state index < -0.39 is 0 Å². The third-order valence-corrected chi connectivity index (χ3v) is 1.03. The monoisotopic (exact) mass is 319 g/mol. The number of hydrogen-bond acceptors (Lipinski definition) is 2. The van der Waals surface area contributed by atoms with Crippen molar-refractivity contribution in [3.8, 4) is 5.75 Å². The van der Waals surface area contributed by atoms with Crippen molar-refractivity contribution in [2.45, 2.75) is 0 Å². The summed E-state index contributed by atoms with van der Waals surface area (Å²) in [4.78, 5) is 0. The van der Waals surface area contributed by atoms with Gasteiger partial charge in [-0.25, -0.2) is 0 Å². The fraction of sp³-hybridized carbons (Fsp3) is 0.250. The molecule has 0 atom stereocenters. The molecular formula is C8H9Br2MgO2. The van der Waals surface area contributed by atoms with E-state index in [1.807, 2.05) is 12.1 Å². The number of rotatable bonds is 3. The van der Waals surface area contributed by atoms with Gasteiger partial charge >= 0.3 is 16.0 Å². The van der Waals surface area contributed by atoms with E-state index >= 15 is 0 Å². The molecule has 2 nitrogen and oxygen atoms in total. The molecule has 69 valence electrons. The molecule has 0 bridgehead atoms. The van der Waals surface area contributed by atoms with Crippen molar-refractivity contribution in [1.29, 1.82) is 0 Å². The average Bonchev–Trinajstić information content (AvgIpc) is 2.18. The van der Waals surface area contributed by atoms with Gasteiger partial charge in [-0.1, -0.05) is 12.1 Å². The van der Waals surface area contributed by atoms with E-state index in [-0.39, 0.29) is 16.0 Å². The first-order valence-electron chi connectivity index (χ1n) is 3.55. The Morgan fingerprint density at radius 1 is 1.38 bits per heavy atom. The van der Waals surface area contributed by atoms with Gasteiger partial charge in [-0.05, 0) is 18.2 Å². The molecule has 0 spiro atoms. The molecule has 0 saturated carbocycles. The van der Waals surface area contributed by atoms with Gasteiger partial charge < -0.3 is 9.47 Å². The van der Waals surface area contributed by atoms with Gasteiger partial charge in [0.15, 0.2) is 6.79 Å². The number of methoxy groups -OCH3 is 1. The lowest BCUT2D eigenvalue weighted by Gasteiger charge is -2.01. The lowest BCUT2D eigenvalue weighted by molar-refractivity contribution is 0.0511. The highest BCUT2D eigenvalue weighted by atomic mass is 79.9. The summed E-state index contributed by atoms with van der Waals surface area (Å²) < 4.78 is 9.83. The van der Waals surface area contributed by atoms with Crippen LogP contribution < -0.4 is 4.74 Å². The van der Waals surface area contributed by atoms with Crippen LogP contribution >= 0.6 is 25.8 Å². The van der Waals surface area contributed by atoms with E-state index in [0.29, 0.717) is 6.79 Å². The molecule has 0 heterocycles. The Kier molecular flexibility index (Phi) is 11.4. The van der Waals surface area contributed by atoms with Crippen LogP contribution in [0.1, 0.15) is 0 Å². The topological polar surface area (TPSA) is 18.5 Å². The van der Waals surface area contributed by atoms with Crippen molar-refractivity contribution in [3.63, 3.8) is 0 Å². The first kappa shape index (κ1) is 13.7. The Balaban J connectivity index is 0.000000424. The molecule has 0 aliphatic heterocycles. The maximum Gasteiger partial charge on any atom is 0.560 e. The SMILES string of the molecule is COCOc1cc[c]cc1.[Br][Mg][Br]. The van der Waals surface area contributed by atoms with Crippen molar-refractivity contribution < 1.29 is 9.47 Å². The quantitative estimate of drug-likeness (QED) is 0.630. The Hall–Kier alpha value is 0.706. The summed E-state index contributed by atoms with van der Waals surface area (Å²) in [6.45, 7) is 0.296. The van der Waals surface area contributed by atoms with Gasteiger partial charge in [-0.2, -0.15) is 0 Å². The largest absolute Gasteiger partial charge is 0.560 e. The van der Waals surface area contributed by atoms with Crippen LogP contribution in [0.4, 0.5) is 0 Å². The fourth-order valence-corrected chi connectivity index (χ4v) is 0.595. The van der Waals surface area contributed by atoms with Crippen LogP contribution in [-0.4, -0.2) is 29.9 Å². The number of benzene rings is 1. The molecule has 5 heteroatoms. The maximum absolute atomic E-state index is 5.11. The summed E-state index contributed by atoms with van der Waals surface area (Å²) in [5.41, 5.74) is 0. The molecule has 1 radical (unpaired) electrons. The Morgan fingerprint density at radius 2 is 1.92 bits per heavy atom. The molecule has 1 aromatic rings. The third-order valence-electron chi connectivity index (χ3n) is 1.03. The lowest BCUT2D eigenvalue weighted by atomic mass is 10.3. The van der Waals surface area contributed by atoms with Gasteiger partial charge in [0, 0.05) is 7.11 Å². The maximum atomic E-state index is 5.11. The molecule has 0 amide bonds. The summed E-state index contributed by atoms with van der Waals surface area (Å²) >= 11 is 6.44. The predicted molar refractivity (Wildman–Crippen MR) is 61.4 cm³/mol. The summed E-state index contributed by atoms with van der Waals surface area (Å²) in [6, 6.07) is 10.1. The van der Waals surface area contributed by atoms with Gasteiger partial charge in [0.2, 0.25) is 0 Å². The zero-order valence-electron chi connectivity index (χ0n) is 7.30. The number of ether oxygens (including phenoxy) is 2. The van der Waals surface area contributed by atoms with Crippen molar-refractivity contribution in [2.75, 3.05) is 13.9 Å². The Morgan fingerprint density at radius 3 is 2.38 bits per heavy atom. The summed E-state index contributed by atoms with van der Waals surface area (Å²) in [6.07, 6.45) is 0. The standard InChI is InChI=1S/C8H9O2.2BrH.Mg/c1-9-7-10-8-5-3-2-4-6-8;;;/h3-6H,7H2,1H3;2*1H;/q;;;+2/p-2. The first-order valence-corrected chi connectivity index (χ1v) is 11.3. The number of hydrogen-bond donors (Lipinski definition) is 0. The van der Waals surface area contributed by atoms with Crippen LogP contribution in [0.3, 0.4) is 0 Å². The molecule has 0 N–H and O–H groups in total. The second kappa shape index (κ2) is 10.8. The second-order valence-electron chi connectivity index (χ2n) is 1.89. The molecule has 0 aliphatic rings. The molecule has 0 unspecified atom stereocenters. The van der Waals surface area contributed by atoms with Gasteiger partial charge in [0.05, 0.1) is 0 Å². The molecule has 13 heavy (non-hydrogen) atoms. The Bertz CT molecular complexity index is 197. The van der Waals surface area contributed by atoms with Crippen molar-refractivity contribution in [2.24, 2.45) is 0 Å². The van der Waals surface area contributed by atoms with Crippen LogP contribution in [0.25, 0.3) is 0 Å². The third kappa shape index (κ3) is 9.02. The normalized spacial score (nSPS) is 7.92.